The van der Waals surface area contributed by atoms with Crippen LogP contribution in [0.2, 0.25) is 0 Å². The third kappa shape index (κ3) is 2.27. The average molecular weight is 266 g/mol. The SMILES string of the molecule is CN(Cc1cccc(N)c1)C(=O)C1Cc2ccccc21. The van der Waals surface area contributed by atoms with Crippen LogP contribution in [-0.4, -0.2) is 17.9 Å². The van der Waals surface area contributed by atoms with Crippen LogP contribution >= 0.6 is 0 Å². The molecule has 3 heteroatoms. The van der Waals surface area contributed by atoms with Gasteiger partial charge in [-0.05, 0) is 35.2 Å². The second kappa shape index (κ2) is 5.00. The van der Waals surface area contributed by atoms with Crippen molar-refractivity contribution in [3.05, 3.63) is 65.2 Å². The van der Waals surface area contributed by atoms with Crippen LogP contribution in [0.25, 0.3) is 0 Å². The number of fused-ring (bicyclic) bond motifs is 1. The Bertz CT molecular complexity index is 651. The molecule has 1 atom stereocenters. The Morgan fingerprint density at radius 2 is 2.05 bits per heavy atom. The van der Waals surface area contributed by atoms with Crippen LogP contribution in [-0.2, 0) is 17.8 Å². The van der Waals surface area contributed by atoms with Gasteiger partial charge in [-0.1, -0.05) is 36.4 Å². The Hall–Kier alpha value is -2.29. The van der Waals surface area contributed by atoms with Gasteiger partial charge in [0.15, 0.2) is 0 Å². The summed E-state index contributed by atoms with van der Waals surface area (Å²) < 4.78 is 0. The van der Waals surface area contributed by atoms with Crippen molar-refractivity contribution in [3.8, 4) is 0 Å². The van der Waals surface area contributed by atoms with Crippen molar-refractivity contribution in [3.63, 3.8) is 0 Å². The lowest BCUT2D eigenvalue weighted by molar-refractivity contribution is -0.132. The molecule has 3 nitrogen and oxygen atoms in total. The lowest BCUT2D eigenvalue weighted by Crippen LogP contribution is -2.36. The Morgan fingerprint density at radius 3 is 2.80 bits per heavy atom. The Labute approximate surface area is 119 Å². The largest absolute Gasteiger partial charge is 0.399 e. The highest BCUT2D eigenvalue weighted by Gasteiger charge is 2.33. The number of likely N-dealkylation sites (N-methyl/N-ethyl adjacent to an activating group) is 1. The summed E-state index contributed by atoms with van der Waals surface area (Å²) in [5.74, 6) is 0.211. The van der Waals surface area contributed by atoms with Gasteiger partial charge in [-0.15, -0.1) is 0 Å². The first kappa shape index (κ1) is 12.7. The molecule has 0 fully saturated rings. The molecule has 1 amide bonds. The Balaban J connectivity index is 1.70. The summed E-state index contributed by atoms with van der Waals surface area (Å²) >= 11 is 0. The lowest BCUT2D eigenvalue weighted by Gasteiger charge is -2.32. The molecule has 20 heavy (non-hydrogen) atoms. The molecule has 2 aromatic carbocycles. The van der Waals surface area contributed by atoms with E-state index in [-0.39, 0.29) is 11.8 Å². The molecule has 1 unspecified atom stereocenters. The molecular formula is C17H18N2O. The second-order valence-corrected chi connectivity index (χ2v) is 5.39. The zero-order chi connectivity index (χ0) is 14.1. The Morgan fingerprint density at radius 1 is 1.25 bits per heavy atom. The molecule has 0 bridgehead atoms. The molecule has 102 valence electrons. The van der Waals surface area contributed by atoms with E-state index in [1.807, 2.05) is 43.4 Å². The second-order valence-electron chi connectivity index (χ2n) is 5.39. The smallest absolute Gasteiger partial charge is 0.230 e. The zero-order valence-electron chi connectivity index (χ0n) is 11.5. The molecular weight excluding hydrogens is 248 g/mol. The number of hydrogen-bond donors (Lipinski definition) is 1. The first-order valence-electron chi connectivity index (χ1n) is 6.82. The summed E-state index contributed by atoms with van der Waals surface area (Å²) in [6.07, 6.45) is 0.857. The molecule has 0 aliphatic heterocycles. The van der Waals surface area contributed by atoms with Gasteiger partial charge in [0.2, 0.25) is 5.91 Å². The fraction of sp³-hybridized carbons (Fsp3) is 0.235. The van der Waals surface area contributed by atoms with E-state index in [0.29, 0.717) is 6.54 Å². The van der Waals surface area contributed by atoms with E-state index >= 15 is 0 Å². The van der Waals surface area contributed by atoms with Crippen LogP contribution in [0.4, 0.5) is 5.69 Å². The highest BCUT2D eigenvalue weighted by molar-refractivity contribution is 5.86. The van der Waals surface area contributed by atoms with E-state index in [1.54, 1.807) is 4.90 Å². The highest BCUT2D eigenvalue weighted by atomic mass is 16.2. The predicted octanol–water partition coefficient (Wildman–Crippen LogP) is 2.57. The fourth-order valence-corrected chi connectivity index (χ4v) is 2.79. The van der Waals surface area contributed by atoms with Crippen molar-refractivity contribution in [2.45, 2.75) is 18.9 Å². The molecule has 0 saturated heterocycles. The first-order valence-corrected chi connectivity index (χ1v) is 6.82. The number of benzene rings is 2. The minimum absolute atomic E-state index is 0.0252. The lowest BCUT2D eigenvalue weighted by atomic mass is 9.77. The molecule has 2 aromatic rings. The standard InChI is InChI=1S/C17H18N2O/c1-19(11-12-5-4-7-14(18)9-12)17(20)16-10-13-6-2-3-8-15(13)16/h2-9,16H,10-11,18H2,1H3. The number of hydrogen-bond acceptors (Lipinski definition) is 2. The van der Waals surface area contributed by atoms with Gasteiger partial charge in [-0.25, -0.2) is 0 Å². The number of rotatable bonds is 3. The molecule has 0 aromatic heterocycles. The van der Waals surface area contributed by atoms with E-state index in [1.165, 1.54) is 11.1 Å². The number of anilines is 1. The van der Waals surface area contributed by atoms with Crippen LogP contribution in [0.1, 0.15) is 22.6 Å². The van der Waals surface area contributed by atoms with Crippen LogP contribution in [0.5, 0.6) is 0 Å². The van der Waals surface area contributed by atoms with Gasteiger partial charge in [0, 0.05) is 19.3 Å². The van der Waals surface area contributed by atoms with Crippen molar-refractivity contribution in [2.75, 3.05) is 12.8 Å². The zero-order valence-corrected chi connectivity index (χ0v) is 11.5. The fourth-order valence-electron chi connectivity index (χ4n) is 2.79. The third-order valence-electron chi connectivity index (χ3n) is 3.90. The predicted molar refractivity (Wildman–Crippen MR) is 80.2 cm³/mol. The number of nitrogens with two attached hydrogens (primary N) is 1. The van der Waals surface area contributed by atoms with Gasteiger partial charge >= 0.3 is 0 Å². The van der Waals surface area contributed by atoms with E-state index in [2.05, 4.69) is 12.1 Å². The molecule has 0 saturated carbocycles. The summed E-state index contributed by atoms with van der Waals surface area (Å²) in [5, 5.41) is 0. The van der Waals surface area contributed by atoms with Crippen LogP contribution < -0.4 is 5.73 Å². The summed E-state index contributed by atoms with van der Waals surface area (Å²) in [7, 11) is 1.85. The normalized spacial score (nSPS) is 16.1. The maximum atomic E-state index is 12.5. The van der Waals surface area contributed by atoms with E-state index < -0.39 is 0 Å². The maximum absolute atomic E-state index is 12.5. The van der Waals surface area contributed by atoms with Gasteiger partial charge in [-0.2, -0.15) is 0 Å². The Kier molecular flexibility index (Phi) is 3.18. The minimum Gasteiger partial charge on any atom is -0.399 e. The molecule has 1 aliphatic carbocycles. The quantitative estimate of drug-likeness (QED) is 0.868. The average Bonchev–Trinajstić information content (AvgIpc) is 2.40. The topological polar surface area (TPSA) is 46.3 Å². The van der Waals surface area contributed by atoms with Crippen LogP contribution in [0.3, 0.4) is 0 Å². The molecule has 3 rings (SSSR count). The number of nitrogen functional groups attached to an aromatic ring is 1. The van der Waals surface area contributed by atoms with Crippen molar-refractivity contribution in [2.24, 2.45) is 0 Å². The summed E-state index contributed by atoms with van der Waals surface area (Å²) in [6, 6.07) is 15.8. The van der Waals surface area contributed by atoms with Crippen molar-refractivity contribution in [1.29, 1.82) is 0 Å². The van der Waals surface area contributed by atoms with Crippen molar-refractivity contribution < 1.29 is 4.79 Å². The third-order valence-corrected chi connectivity index (χ3v) is 3.90. The van der Waals surface area contributed by atoms with Gasteiger partial charge in [0.25, 0.3) is 0 Å². The summed E-state index contributed by atoms with van der Waals surface area (Å²) in [6.45, 7) is 0.600. The molecule has 0 heterocycles. The number of nitrogens with zero attached hydrogens (tertiary/aromatic N) is 1. The highest BCUT2D eigenvalue weighted by Crippen LogP contribution is 2.36. The van der Waals surface area contributed by atoms with E-state index in [4.69, 9.17) is 5.73 Å². The van der Waals surface area contributed by atoms with Crippen molar-refractivity contribution in [1.82, 2.24) is 4.90 Å². The molecule has 2 N–H and O–H groups in total. The maximum Gasteiger partial charge on any atom is 0.230 e. The van der Waals surface area contributed by atoms with Crippen molar-refractivity contribution >= 4 is 11.6 Å². The summed E-state index contributed by atoms with van der Waals surface area (Å²) in [4.78, 5) is 14.3. The van der Waals surface area contributed by atoms with Gasteiger partial charge in [0.1, 0.15) is 0 Å². The number of carbonyl (C=O) groups excluding carboxylic acids is 1. The van der Waals surface area contributed by atoms with Gasteiger partial charge in [0.05, 0.1) is 5.92 Å². The molecule has 0 spiro atoms. The van der Waals surface area contributed by atoms with Gasteiger partial charge in [-0.3, -0.25) is 4.79 Å². The number of amides is 1. The van der Waals surface area contributed by atoms with Gasteiger partial charge < -0.3 is 10.6 Å². The monoisotopic (exact) mass is 266 g/mol. The minimum atomic E-state index is 0.0252. The van der Waals surface area contributed by atoms with E-state index in [0.717, 1.165) is 17.7 Å². The van der Waals surface area contributed by atoms with E-state index in [9.17, 15) is 4.79 Å². The molecule has 0 radical (unpaired) electrons. The van der Waals surface area contributed by atoms with Crippen LogP contribution in [0, 0.1) is 0 Å². The first-order chi connectivity index (χ1) is 9.65. The summed E-state index contributed by atoms with van der Waals surface area (Å²) in [5.41, 5.74) is 10.0. The van der Waals surface area contributed by atoms with Crippen LogP contribution in [0.15, 0.2) is 48.5 Å². The molecule has 1 aliphatic rings. The number of carbonyl (C=O) groups is 1.